The van der Waals surface area contributed by atoms with Gasteiger partial charge in [0.05, 0.1) is 0 Å². The number of hydrogen-bond acceptors (Lipinski definition) is 0. The van der Waals surface area contributed by atoms with Crippen molar-refractivity contribution in [2.45, 2.75) is 60.8 Å². The minimum Gasteiger partial charge on any atom is -0.412 e. The molecule has 2 heteroatoms. The summed E-state index contributed by atoms with van der Waals surface area (Å²) in [5.41, 5.74) is 0. The molecule has 0 unspecified atom stereocenters. The van der Waals surface area contributed by atoms with Crippen molar-refractivity contribution in [2.24, 2.45) is 17.8 Å². The first kappa shape index (κ1) is 30.6. The Kier molecular flexibility index (Phi) is 45.9. The van der Waals surface area contributed by atoms with Crippen LogP contribution in [0.15, 0.2) is 0 Å². The maximum atomic E-state index is 3.69. The summed E-state index contributed by atoms with van der Waals surface area (Å²) in [5.74, 6) is 2.32. The second-order valence-corrected chi connectivity index (χ2v) is 5.05. The summed E-state index contributed by atoms with van der Waals surface area (Å²) in [6.45, 7) is 24.0. The maximum absolute atomic E-state index is 3.69. The van der Waals surface area contributed by atoms with Crippen molar-refractivity contribution in [1.29, 1.82) is 0 Å². The van der Waals surface area contributed by atoms with Gasteiger partial charge in [-0.15, -0.1) is 0 Å². The fourth-order valence-corrected chi connectivity index (χ4v) is 0. The van der Waals surface area contributed by atoms with E-state index < -0.39 is 0 Å². The molecule has 0 bridgehead atoms. The zero-order valence-corrected chi connectivity index (χ0v) is 14.5. The standard InChI is InChI=1S/3C5H11.H2O.Ti/c3*1-4-5(2)3;;/h3*5H,1,4H2,2-3H3;1H2;/q3*-1;;+3. The van der Waals surface area contributed by atoms with Gasteiger partial charge < -0.3 is 26.2 Å². The molecule has 1 radical (unpaired) electrons. The predicted octanol–water partition coefficient (Wildman–Crippen LogP) is 4.77. The van der Waals surface area contributed by atoms with Crippen LogP contribution in [0.2, 0.25) is 0 Å². The van der Waals surface area contributed by atoms with Crippen molar-refractivity contribution >= 4 is 0 Å². The first-order valence-electron chi connectivity index (χ1n) is 6.19. The summed E-state index contributed by atoms with van der Waals surface area (Å²) in [4.78, 5) is 0. The Labute approximate surface area is 126 Å². The molecule has 0 rings (SSSR count). The molecule has 105 valence electrons. The Morgan fingerprint density at radius 2 is 0.647 bits per heavy atom. The molecule has 0 atom stereocenters. The zero-order valence-electron chi connectivity index (χ0n) is 13.0. The summed E-state index contributed by atoms with van der Waals surface area (Å²) in [6, 6.07) is 0. The fraction of sp³-hybridized carbons (Fsp3) is 0.800. The van der Waals surface area contributed by atoms with E-state index in [2.05, 4.69) is 62.3 Å². The van der Waals surface area contributed by atoms with Crippen molar-refractivity contribution in [3.05, 3.63) is 20.8 Å². The molecule has 0 fully saturated rings. The topological polar surface area (TPSA) is 31.5 Å². The van der Waals surface area contributed by atoms with Gasteiger partial charge in [0.15, 0.2) is 0 Å². The second-order valence-electron chi connectivity index (χ2n) is 5.05. The third-order valence-electron chi connectivity index (χ3n) is 1.73. The third-order valence-corrected chi connectivity index (χ3v) is 1.73. The molecule has 0 aliphatic carbocycles. The SMILES string of the molecule is O.[CH2-]CC(C)C.[CH2-]CC(C)C.[CH2-]CC(C)C.[Ti+3]. The Bertz CT molecular complexity index is 71.9. The minimum atomic E-state index is 0. The summed E-state index contributed by atoms with van der Waals surface area (Å²) in [5, 5.41) is 0. The molecule has 2 N–H and O–H groups in total. The molecule has 0 aromatic heterocycles. The van der Waals surface area contributed by atoms with Crippen LogP contribution in [0.4, 0.5) is 0 Å². The second kappa shape index (κ2) is 25.5. The Morgan fingerprint density at radius 1 is 0.588 bits per heavy atom. The van der Waals surface area contributed by atoms with Crippen molar-refractivity contribution in [2.75, 3.05) is 0 Å². The van der Waals surface area contributed by atoms with Gasteiger partial charge in [0.1, 0.15) is 0 Å². The van der Waals surface area contributed by atoms with Crippen LogP contribution < -0.4 is 0 Å². The van der Waals surface area contributed by atoms with Gasteiger partial charge in [-0.2, -0.15) is 19.3 Å². The van der Waals surface area contributed by atoms with E-state index in [0.29, 0.717) is 0 Å². The smallest absolute Gasteiger partial charge is 0.412 e. The van der Waals surface area contributed by atoms with Gasteiger partial charge in [-0.1, -0.05) is 59.3 Å². The van der Waals surface area contributed by atoms with Crippen LogP contribution in [0.3, 0.4) is 0 Å². The van der Waals surface area contributed by atoms with E-state index in [1.54, 1.807) is 0 Å². The van der Waals surface area contributed by atoms with Crippen molar-refractivity contribution in [1.82, 2.24) is 0 Å². The van der Waals surface area contributed by atoms with Crippen molar-refractivity contribution in [3.8, 4) is 0 Å². The molecule has 1 nitrogen and oxygen atoms in total. The van der Waals surface area contributed by atoms with E-state index in [0.717, 1.165) is 37.0 Å². The molecule has 0 aromatic rings. The minimum absolute atomic E-state index is 0. The summed E-state index contributed by atoms with van der Waals surface area (Å²) in [6.07, 6.45) is 3.17. The van der Waals surface area contributed by atoms with Gasteiger partial charge in [0.2, 0.25) is 0 Å². The van der Waals surface area contributed by atoms with Crippen LogP contribution >= 0.6 is 0 Å². The molecule has 0 aliphatic rings. The van der Waals surface area contributed by atoms with E-state index >= 15 is 0 Å². The molecule has 17 heavy (non-hydrogen) atoms. The van der Waals surface area contributed by atoms with Gasteiger partial charge >= 0.3 is 21.7 Å². The van der Waals surface area contributed by atoms with E-state index in [1.165, 1.54) is 0 Å². The molecule has 0 heterocycles. The van der Waals surface area contributed by atoms with Crippen LogP contribution in [0.5, 0.6) is 0 Å². The largest absolute Gasteiger partial charge is 3.00 e. The molecule has 0 aliphatic heterocycles. The molecular formula is C15H35OTi. The monoisotopic (exact) mass is 279 g/mol. The van der Waals surface area contributed by atoms with E-state index in [-0.39, 0.29) is 27.2 Å². The summed E-state index contributed by atoms with van der Waals surface area (Å²) >= 11 is 0. The van der Waals surface area contributed by atoms with Gasteiger partial charge in [0.25, 0.3) is 0 Å². The quantitative estimate of drug-likeness (QED) is 0.526. The first-order chi connectivity index (χ1) is 6.81. The van der Waals surface area contributed by atoms with Crippen LogP contribution in [-0.4, -0.2) is 5.48 Å². The predicted molar refractivity (Wildman–Crippen MR) is 78.0 cm³/mol. The zero-order chi connectivity index (χ0) is 12.9. The fourth-order valence-electron chi connectivity index (χ4n) is 0. The average molecular weight is 279 g/mol. The third kappa shape index (κ3) is 80.6. The maximum Gasteiger partial charge on any atom is 3.00 e. The van der Waals surface area contributed by atoms with Gasteiger partial charge in [0, 0.05) is 0 Å². The van der Waals surface area contributed by atoms with Crippen LogP contribution in [0.25, 0.3) is 0 Å². The van der Waals surface area contributed by atoms with E-state index in [9.17, 15) is 0 Å². The Balaban J connectivity index is -0.0000000400. The number of rotatable bonds is 3. The molecule has 0 spiro atoms. The first-order valence-corrected chi connectivity index (χ1v) is 6.19. The van der Waals surface area contributed by atoms with E-state index in [4.69, 9.17) is 0 Å². The average Bonchev–Trinajstić information content (AvgIpc) is 2.19. The normalized spacial score (nSPS) is 8.47. The van der Waals surface area contributed by atoms with Crippen LogP contribution in [-0.2, 0) is 21.7 Å². The van der Waals surface area contributed by atoms with Gasteiger partial charge in [-0.3, -0.25) is 0 Å². The molecule has 0 saturated heterocycles. The molecule has 0 amide bonds. The summed E-state index contributed by atoms with van der Waals surface area (Å²) < 4.78 is 0. The Hall–Kier alpha value is 0.674. The summed E-state index contributed by atoms with van der Waals surface area (Å²) in [7, 11) is 0. The van der Waals surface area contributed by atoms with Crippen molar-refractivity contribution < 1.29 is 27.2 Å². The van der Waals surface area contributed by atoms with Crippen LogP contribution in [0, 0.1) is 38.5 Å². The molecule has 0 aromatic carbocycles. The van der Waals surface area contributed by atoms with Crippen molar-refractivity contribution in [3.63, 3.8) is 0 Å². The van der Waals surface area contributed by atoms with E-state index in [1.807, 2.05) is 0 Å². The molecule has 0 saturated carbocycles. The van der Waals surface area contributed by atoms with Gasteiger partial charge in [-0.25, -0.2) is 0 Å². The van der Waals surface area contributed by atoms with Gasteiger partial charge in [-0.05, 0) is 0 Å². The van der Waals surface area contributed by atoms with Crippen LogP contribution in [0.1, 0.15) is 60.8 Å². The Morgan fingerprint density at radius 3 is 0.647 bits per heavy atom. The molecular weight excluding hydrogens is 244 g/mol. The number of hydrogen-bond donors (Lipinski definition) is 0.